The zero-order valence-corrected chi connectivity index (χ0v) is 15.1. The molecule has 23 heavy (non-hydrogen) atoms. The van der Waals surface area contributed by atoms with E-state index >= 15 is 0 Å². The molecule has 132 valence electrons. The fourth-order valence-corrected chi connectivity index (χ4v) is 3.20. The number of hydrogen-bond acceptors (Lipinski definition) is 4. The van der Waals surface area contributed by atoms with Gasteiger partial charge in [0.2, 0.25) is 6.79 Å². The molecule has 10 heteroatoms. The number of hydrogen-bond donors (Lipinski definition) is 1. The van der Waals surface area contributed by atoms with Gasteiger partial charge in [-0.05, 0) is 17.7 Å². The van der Waals surface area contributed by atoms with Crippen LogP contribution in [0.4, 0.5) is 13.2 Å². The molecule has 2 heterocycles. The smallest absolute Gasteiger partial charge is 0.408 e. The number of halogens is 6. The fraction of sp³-hybridized carbons (Fsp3) is 0.538. The predicted octanol–water partition coefficient (Wildman–Crippen LogP) is 3.53. The van der Waals surface area contributed by atoms with Crippen LogP contribution in [0.25, 0.3) is 0 Å². The van der Waals surface area contributed by atoms with Crippen molar-refractivity contribution in [1.29, 1.82) is 0 Å². The minimum Gasteiger partial charge on any atom is -0.454 e. The van der Waals surface area contributed by atoms with E-state index in [9.17, 15) is 13.2 Å². The molecule has 0 bridgehead atoms. The number of alkyl halides is 3. The van der Waals surface area contributed by atoms with Crippen molar-refractivity contribution in [2.45, 2.75) is 12.2 Å². The standard InChI is InChI=1S/C13H14BrF3N2O2.2ClH/c14-9-6-11-10(20-7-21-11)5-8(9)12(13(15,16)17)19-3-1-18-2-4-19;;/h5-6,12,18H,1-4,7H2;2*1H/t12-;;/m1../s1. The maximum Gasteiger partial charge on any atom is 0.408 e. The monoisotopic (exact) mass is 438 g/mol. The van der Waals surface area contributed by atoms with Crippen LogP contribution < -0.4 is 14.8 Å². The summed E-state index contributed by atoms with van der Waals surface area (Å²) in [4.78, 5) is 1.44. The first-order valence-corrected chi connectivity index (χ1v) is 7.36. The van der Waals surface area contributed by atoms with Crippen LogP contribution in [0, 0.1) is 0 Å². The molecule has 1 aromatic rings. The molecule has 1 fully saturated rings. The molecule has 0 unspecified atom stereocenters. The molecule has 1 saturated heterocycles. The normalized spacial score (nSPS) is 18.8. The highest BCUT2D eigenvalue weighted by atomic mass is 79.9. The average molecular weight is 440 g/mol. The van der Waals surface area contributed by atoms with Gasteiger partial charge >= 0.3 is 6.18 Å². The van der Waals surface area contributed by atoms with E-state index < -0.39 is 12.2 Å². The average Bonchev–Trinajstić information content (AvgIpc) is 2.86. The first-order chi connectivity index (χ1) is 9.97. The molecule has 0 radical (unpaired) electrons. The number of nitrogens with zero attached hydrogens (tertiary/aromatic N) is 1. The molecular weight excluding hydrogens is 424 g/mol. The number of piperazine rings is 1. The molecule has 1 aromatic carbocycles. The molecule has 1 N–H and O–H groups in total. The van der Waals surface area contributed by atoms with Gasteiger partial charge in [0.15, 0.2) is 11.5 Å². The third-order valence-corrected chi connectivity index (χ3v) is 4.30. The van der Waals surface area contributed by atoms with E-state index in [4.69, 9.17) is 9.47 Å². The summed E-state index contributed by atoms with van der Waals surface area (Å²) < 4.78 is 51.5. The van der Waals surface area contributed by atoms with Gasteiger partial charge in [0.25, 0.3) is 0 Å². The molecule has 0 spiro atoms. The van der Waals surface area contributed by atoms with Crippen LogP contribution in [0.15, 0.2) is 16.6 Å². The Balaban J connectivity index is 0.00000132. The third kappa shape index (κ3) is 4.36. The largest absolute Gasteiger partial charge is 0.454 e. The van der Waals surface area contributed by atoms with Crippen LogP contribution in [-0.4, -0.2) is 44.0 Å². The summed E-state index contributed by atoms with van der Waals surface area (Å²) in [6.07, 6.45) is -4.35. The van der Waals surface area contributed by atoms with Gasteiger partial charge in [-0.1, -0.05) is 15.9 Å². The van der Waals surface area contributed by atoms with Crippen molar-refractivity contribution in [2.75, 3.05) is 33.0 Å². The molecular formula is C13H16BrCl2F3N2O2. The van der Waals surface area contributed by atoms with Crippen LogP contribution in [0.3, 0.4) is 0 Å². The van der Waals surface area contributed by atoms with E-state index in [1.165, 1.54) is 11.0 Å². The lowest BCUT2D eigenvalue weighted by Crippen LogP contribution is -2.49. The first-order valence-electron chi connectivity index (χ1n) is 6.57. The molecule has 0 aromatic heterocycles. The fourth-order valence-electron chi connectivity index (χ4n) is 2.66. The quantitative estimate of drug-likeness (QED) is 0.764. The molecule has 0 amide bonds. The molecule has 3 rings (SSSR count). The summed E-state index contributed by atoms with van der Waals surface area (Å²) in [6.45, 7) is 1.84. The molecule has 1 atom stereocenters. The zero-order chi connectivity index (χ0) is 15.0. The molecule has 2 aliphatic heterocycles. The number of ether oxygens (including phenoxy) is 2. The molecule has 0 aliphatic carbocycles. The third-order valence-electron chi connectivity index (χ3n) is 3.61. The maximum absolute atomic E-state index is 13.6. The highest BCUT2D eigenvalue weighted by Crippen LogP contribution is 2.45. The van der Waals surface area contributed by atoms with Crippen molar-refractivity contribution >= 4 is 40.7 Å². The predicted molar refractivity (Wildman–Crippen MR) is 88.0 cm³/mol. The number of benzene rings is 1. The highest BCUT2D eigenvalue weighted by Gasteiger charge is 2.46. The van der Waals surface area contributed by atoms with E-state index in [1.807, 2.05) is 0 Å². The summed E-state index contributed by atoms with van der Waals surface area (Å²) in [5.74, 6) is 0.824. The Morgan fingerprint density at radius 2 is 1.65 bits per heavy atom. The summed E-state index contributed by atoms with van der Waals surface area (Å²) in [7, 11) is 0. The van der Waals surface area contributed by atoms with Crippen molar-refractivity contribution in [3.63, 3.8) is 0 Å². The maximum atomic E-state index is 13.6. The van der Waals surface area contributed by atoms with E-state index in [2.05, 4.69) is 21.2 Å². The second kappa shape index (κ2) is 8.11. The Morgan fingerprint density at radius 1 is 1.09 bits per heavy atom. The highest BCUT2D eigenvalue weighted by molar-refractivity contribution is 9.10. The second-order valence-corrected chi connectivity index (χ2v) is 5.81. The van der Waals surface area contributed by atoms with Crippen molar-refractivity contribution < 1.29 is 22.6 Å². The Kier molecular flexibility index (Phi) is 7.28. The summed E-state index contributed by atoms with van der Waals surface area (Å²) in [5.41, 5.74) is 0.161. The summed E-state index contributed by atoms with van der Waals surface area (Å²) in [6, 6.07) is 1.31. The van der Waals surface area contributed by atoms with Gasteiger partial charge < -0.3 is 14.8 Å². The zero-order valence-electron chi connectivity index (χ0n) is 11.9. The summed E-state index contributed by atoms with van der Waals surface area (Å²) in [5, 5.41) is 3.06. The topological polar surface area (TPSA) is 33.7 Å². The van der Waals surface area contributed by atoms with E-state index in [1.54, 1.807) is 6.07 Å². The van der Waals surface area contributed by atoms with Crippen molar-refractivity contribution in [2.24, 2.45) is 0 Å². The second-order valence-electron chi connectivity index (χ2n) is 4.96. The Labute approximate surface area is 152 Å². The molecule has 0 saturated carbocycles. The number of nitrogens with one attached hydrogen (secondary N) is 1. The van der Waals surface area contributed by atoms with Gasteiger partial charge in [-0.25, -0.2) is 0 Å². The van der Waals surface area contributed by atoms with Crippen molar-refractivity contribution in [1.82, 2.24) is 10.2 Å². The SMILES string of the molecule is Cl.Cl.FC(F)(F)[C@@H](c1cc2c(cc1Br)OCO2)N1CCNCC1. The van der Waals surface area contributed by atoms with Crippen molar-refractivity contribution in [3.05, 3.63) is 22.2 Å². The van der Waals surface area contributed by atoms with Crippen LogP contribution in [-0.2, 0) is 0 Å². The van der Waals surface area contributed by atoms with Crippen LogP contribution in [0.5, 0.6) is 11.5 Å². The van der Waals surface area contributed by atoms with Crippen LogP contribution in [0.1, 0.15) is 11.6 Å². The van der Waals surface area contributed by atoms with E-state index in [-0.39, 0.29) is 37.2 Å². The van der Waals surface area contributed by atoms with Crippen LogP contribution in [0.2, 0.25) is 0 Å². The lowest BCUT2D eigenvalue weighted by Gasteiger charge is -2.36. The minimum atomic E-state index is -4.35. The lowest BCUT2D eigenvalue weighted by atomic mass is 10.0. The van der Waals surface area contributed by atoms with E-state index in [0.29, 0.717) is 42.2 Å². The van der Waals surface area contributed by atoms with Crippen LogP contribution >= 0.6 is 40.7 Å². The number of fused-ring (bicyclic) bond motifs is 1. The van der Waals surface area contributed by atoms with Gasteiger partial charge in [-0.2, -0.15) is 13.2 Å². The Morgan fingerprint density at radius 3 is 2.22 bits per heavy atom. The Hall–Kier alpha value is -0.410. The van der Waals surface area contributed by atoms with Gasteiger partial charge in [0, 0.05) is 30.7 Å². The van der Waals surface area contributed by atoms with Gasteiger partial charge in [-0.3, -0.25) is 4.90 Å². The summed E-state index contributed by atoms with van der Waals surface area (Å²) >= 11 is 3.23. The molecule has 2 aliphatic rings. The van der Waals surface area contributed by atoms with Gasteiger partial charge in [0.05, 0.1) is 0 Å². The Bertz CT molecular complexity index is 543. The van der Waals surface area contributed by atoms with E-state index in [0.717, 1.165) is 0 Å². The molecule has 4 nitrogen and oxygen atoms in total. The lowest BCUT2D eigenvalue weighted by molar-refractivity contribution is -0.188. The first kappa shape index (κ1) is 20.6. The minimum absolute atomic E-state index is 0. The number of rotatable bonds is 2. The van der Waals surface area contributed by atoms with Gasteiger partial charge in [0.1, 0.15) is 6.04 Å². The van der Waals surface area contributed by atoms with Gasteiger partial charge in [-0.15, -0.1) is 24.8 Å². The van der Waals surface area contributed by atoms with Crippen molar-refractivity contribution in [3.8, 4) is 11.5 Å².